The number of hydrogen-bond donors (Lipinski definition) is 0. The second-order valence-corrected chi connectivity index (χ2v) is 3.01. The summed E-state index contributed by atoms with van der Waals surface area (Å²) in [6.45, 7) is 2.66. The van der Waals surface area contributed by atoms with Crippen molar-refractivity contribution in [3.05, 3.63) is 0 Å². The van der Waals surface area contributed by atoms with Crippen LogP contribution in [0.25, 0.3) is 0 Å². The fraction of sp³-hybridized carbons (Fsp3) is 0.857. The molecule has 3 nitrogen and oxygen atoms in total. The van der Waals surface area contributed by atoms with Gasteiger partial charge in [0.25, 0.3) is 0 Å². The maximum atomic E-state index is 10.9. The summed E-state index contributed by atoms with van der Waals surface area (Å²) in [5, 5.41) is -0.551. The second kappa shape index (κ2) is 5.38. The van der Waals surface area contributed by atoms with Crippen molar-refractivity contribution in [2.45, 2.75) is 12.3 Å². The van der Waals surface area contributed by atoms with Gasteiger partial charge in [0.1, 0.15) is 5.38 Å². The van der Waals surface area contributed by atoms with Gasteiger partial charge in [-0.2, -0.15) is 0 Å². The zero-order chi connectivity index (χ0) is 8.85. The van der Waals surface area contributed by atoms with Gasteiger partial charge in [0.15, 0.2) is 0 Å². The van der Waals surface area contributed by atoms with Crippen molar-refractivity contribution in [1.82, 2.24) is 4.90 Å². The maximum absolute atomic E-state index is 10.9. The van der Waals surface area contributed by atoms with Crippen molar-refractivity contribution in [3.8, 4) is 0 Å². The number of hydrogen-bond acceptors (Lipinski definition) is 3. The molecule has 0 bridgehead atoms. The minimum atomic E-state index is -0.551. The number of carbonyl (C=O) groups is 1. The van der Waals surface area contributed by atoms with E-state index in [1.165, 1.54) is 0 Å². The SMILES string of the molecule is CCOC(=O)C(Cl)CN(C)C. The van der Waals surface area contributed by atoms with Crippen molar-refractivity contribution in [2.75, 3.05) is 27.2 Å². The van der Waals surface area contributed by atoms with E-state index in [-0.39, 0.29) is 5.97 Å². The Morgan fingerprint density at radius 3 is 2.55 bits per heavy atom. The highest BCUT2D eigenvalue weighted by atomic mass is 35.5. The summed E-state index contributed by atoms with van der Waals surface area (Å²) < 4.78 is 4.71. The molecule has 11 heavy (non-hydrogen) atoms. The van der Waals surface area contributed by atoms with Crippen molar-refractivity contribution < 1.29 is 9.53 Å². The Morgan fingerprint density at radius 2 is 2.18 bits per heavy atom. The van der Waals surface area contributed by atoms with Crippen LogP contribution >= 0.6 is 11.6 Å². The molecular weight excluding hydrogens is 166 g/mol. The Morgan fingerprint density at radius 1 is 1.64 bits per heavy atom. The molecule has 0 aliphatic rings. The molecule has 0 spiro atoms. The lowest BCUT2D eigenvalue weighted by atomic mass is 10.4. The highest BCUT2D eigenvalue weighted by Crippen LogP contribution is 1.99. The third-order valence-corrected chi connectivity index (χ3v) is 1.38. The van der Waals surface area contributed by atoms with E-state index in [9.17, 15) is 4.79 Å². The molecule has 0 saturated carbocycles. The molecule has 66 valence electrons. The Hall–Kier alpha value is -0.280. The first kappa shape index (κ1) is 10.7. The van der Waals surface area contributed by atoms with Gasteiger partial charge in [-0.05, 0) is 21.0 Å². The molecule has 0 rings (SSSR count). The average molecular weight is 180 g/mol. The maximum Gasteiger partial charge on any atom is 0.325 e. The number of ether oxygens (including phenoxy) is 1. The van der Waals surface area contributed by atoms with Gasteiger partial charge in [-0.25, -0.2) is 0 Å². The molecule has 4 heteroatoms. The van der Waals surface area contributed by atoms with Gasteiger partial charge >= 0.3 is 5.97 Å². The number of nitrogens with zero attached hydrogens (tertiary/aromatic N) is 1. The highest BCUT2D eigenvalue weighted by molar-refractivity contribution is 6.30. The predicted molar refractivity (Wildman–Crippen MR) is 44.8 cm³/mol. The number of esters is 1. The minimum absolute atomic E-state index is 0.345. The predicted octanol–water partition coefficient (Wildman–Crippen LogP) is 0.718. The summed E-state index contributed by atoms with van der Waals surface area (Å²) in [4.78, 5) is 12.7. The molecule has 0 aliphatic heterocycles. The van der Waals surface area contributed by atoms with Crippen LogP contribution in [0.2, 0.25) is 0 Å². The standard InChI is InChI=1S/C7H14ClNO2/c1-4-11-7(10)6(8)5-9(2)3/h6H,4-5H2,1-3H3. The van der Waals surface area contributed by atoms with E-state index in [1.807, 2.05) is 19.0 Å². The van der Waals surface area contributed by atoms with Gasteiger partial charge in [-0.3, -0.25) is 4.79 Å². The van der Waals surface area contributed by atoms with Crippen LogP contribution in [0, 0.1) is 0 Å². The molecule has 1 unspecified atom stereocenters. The van der Waals surface area contributed by atoms with E-state index in [0.29, 0.717) is 13.2 Å². The molecule has 0 aromatic rings. The van der Waals surface area contributed by atoms with Crippen LogP contribution in [-0.2, 0) is 9.53 Å². The summed E-state index contributed by atoms with van der Waals surface area (Å²) in [6, 6.07) is 0. The van der Waals surface area contributed by atoms with E-state index in [2.05, 4.69) is 0 Å². The first-order valence-electron chi connectivity index (χ1n) is 3.53. The molecule has 0 N–H and O–H groups in total. The molecule has 0 heterocycles. The van der Waals surface area contributed by atoms with Crippen LogP contribution in [0.1, 0.15) is 6.92 Å². The smallest absolute Gasteiger partial charge is 0.325 e. The van der Waals surface area contributed by atoms with Crippen LogP contribution in [-0.4, -0.2) is 43.5 Å². The number of alkyl halides is 1. The van der Waals surface area contributed by atoms with Crippen molar-refractivity contribution in [2.24, 2.45) is 0 Å². The monoisotopic (exact) mass is 179 g/mol. The van der Waals surface area contributed by atoms with Crippen LogP contribution < -0.4 is 0 Å². The van der Waals surface area contributed by atoms with E-state index in [1.54, 1.807) is 6.92 Å². The Kier molecular flexibility index (Phi) is 5.24. The Labute approximate surface area is 72.3 Å². The van der Waals surface area contributed by atoms with Crippen molar-refractivity contribution in [1.29, 1.82) is 0 Å². The van der Waals surface area contributed by atoms with Crippen LogP contribution in [0.4, 0.5) is 0 Å². The zero-order valence-electron chi connectivity index (χ0n) is 7.13. The van der Waals surface area contributed by atoms with E-state index < -0.39 is 5.38 Å². The lowest BCUT2D eigenvalue weighted by molar-refractivity contribution is -0.142. The lowest BCUT2D eigenvalue weighted by Crippen LogP contribution is -2.29. The number of rotatable bonds is 4. The van der Waals surface area contributed by atoms with E-state index >= 15 is 0 Å². The molecular formula is C7H14ClNO2. The Balaban J connectivity index is 3.64. The normalized spacial score (nSPS) is 13.2. The van der Waals surface area contributed by atoms with Crippen molar-refractivity contribution >= 4 is 17.6 Å². The molecule has 1 atom stereocenters. The van der Waals surface area contributed by atoms with Gasteiger partial charge in [-0.15, -0.1) is 11.6 Å². The van der Waals surface area contributed by atoms with E-state index in [4.69, 9.17) is 16.3 Å². The second-order valence-electron chi connectivity index (χ2n) is 2.48. The van der Waals surface area contributed by atoms with Crippen LogP contribution in [0.15, 0.2) is 0 Å². The summed E-state index contributed by atoms with van der Waals surface area (Å²) in [5.41, 5.74) is 0. The summed E-state index contributed by atoms with van der Waals surface area (Å²) in [5.74, 6) is -0.345. The summed E-state index contributed by atoms with van der Waals surface area (Å²) in [7, 11) is 3.71. The van der Waals surface area contributed by atoms with E-state index in [0.717, 1.165) is 0 Å². The van der Waals surface area contributed by atoms with Gasteiger partial charge < -0.3 is 9.64 Å². The minimum Gasteiger partial charge on any atom is -0.465 e. The topological polar surface area (TPSA) is 29.5 Å². The zero-order valence-corrected chi connectivity index (χ0v) is 7.89. The fourth-order valence-corrected chi connectivity index (χ4v) is 0.967. The summed E-state index contributed by atoms with van der Waals surface area (Å²) in [6.07, 6.45) is 0. The van der Waals surface area contributed by atoms with Gasteiger partial charge in [0, 0.05) is 6.54 Å². The molecule has 0 saturated heterocycles. The van der Waals surface area contributed by atoms with Crippen molar-refractivity contribution in [3.63, 3.8) is 0 Å². The van der Waals surface area contributed by atoms with Gasteiger partial charge in [0.05, 0.1) is 6.61 Å². The molecule has 0 aromatic carbocycles. The largest absolute Gasteiger partial charge is 0.465 e. The van der Waals surface area contributed by atoms with Crippen LogP contribution in [0.3, 0.4) is 0 Å². The quantitative estimate of drug-likeness (QED) is 0.471. The third-order valence-electron chi connectivity index (χ3n) is 1.07. The Bertz CT molecular complexity index is 128. The average Bonchev–Trinajstić information content (AvgIpc) is 1.86. The van der Waals surface area contributed by atoms with Crippen LogP contribution in [0.5, 0.6) is 0 Å². The first-order chi connectivity index (χ1) is 5.07. The van der Waals surface area contributed by atoms with Gasteiger partial charge in [-0.1, -0.05) is 0 Å². The highest BCUT2D eigenvalue weighted by Gasteiger charge is 2.16. The number of carbonyl (C=O) groups excluding carboxylic acids is 1. The first-order valence-corrected chi connectivity index (χ1v) is 3.97. The van der Waals surface area contributed by atoms with Gasteiger partial charge in [0.2, 0.25) is 0 Å². The number of halogens is 1. The molecule has 0 aliphatic carbocycles. The molecule has 0 fully saturated rings. The third kappa shape index (κ3) is 5.04. The molecule has 0 aromatic heterocycles. The fourth-order valence-electron chi connectivity index (χ4n) is 0.628. The lowest BCUT2D eigenvalue weighted by Gasteiger charge is -2.13. The molecule has 0 radical (unpaired) electrons. The molecule has 0 amide bonds. The summed E-state index contributed by atoms with van der Waals surface area (Å²) >= 11 is 5.69.